The summed E-state index contributed by atoms with van der Waals surface area (Å²) < 4.78 is 5.17. The average molecular weight is 451 g/mol. The van der Waals surface area contributed by atoms with Gasteiger partial charge in [0.1, 0.15) is 5.75 Å². The summed E-state index contributed by atoms with van der Waals surface area (Å²) in [7, 11) is 3.68. The van der Waals surface area contributed by atoms with Gasteiger partial charge in [0.05, 0.1) is 12.7 Å². The Balaban J connectivity index is 1.58. The predicted octanol–water partition coefficient (Wildman–Crippen LogP) is 3.57. The minimum atomic E-state index is -0.213. The first-order valence-corrected chi connectivity index (χ1v) is 11.8. The van der Waals surface area contributed by atoms with Crippen LogP contribution in [0.3, 0.4) is 0 Å². The van der Waals surface area contributed by atoms with Crippen molar-refractivity contribution in [2.45, 2.75) is 19.8 Å². The van der Waals surface area contributed by atoms with E-state index >= 15 is 0 Å². The Bertz CT molecular complexity index is 976. The molecule has 4 rings (SSSR count). The number of methoxy groups -OCH3 is 1. The Labute approximate surface area is 196 Å². The number of nitrogens with zero attached hydrogens (tertiary/aromatic N) is 3. The Hall–Kier alpha value is -3.06. The van der Waals surface area contributed by atoms with Crippen LogP contribution in [0.15, 0.2) is 42.5 Å². The van der Waals surface area contributed by atoms with Gasteiger partial charge in [0, 0.05) is 56.2 Å². The summed E-state index contributed by atoms with van der Waals surface area (Å²) in [6.45, 7) is 7.35. The van der Waals surface area contributed by atoms with Crippen molar-refractivity contribution in [2.75, 3.05) is 63.6 Å². The van der Waals surface area contributed by atoms with E-state index in [9.17, 15) is 9.59 Å². The van der Waals surface area contributed by atoms with Gasteiger partial charge in [-0.3, -0.25) is 9.59 Å². The van der Waals surface area contributed by atoms with Gasteiger partial charge in [-0.05, 0) is 68.3 Å². The quantitative estimate of drug-likeness (QED) is 0.755. The summed E-state index contributed by atoms with van der Waals surface area (Å²) in [5.41, 5.74) is 2.80. The number of piperazine rings is 1. The molecule has 2 aliphatic rings. The van der Waals surface area contributed by atoms with Gasteiger partial charge in [0.25, 0.3) is 11.8 Å². The van der Waals surface area contributed by atoms with E-state index in [1.165, 1.54) is 0 Å². The van der Waals surface area contributed by atoms with Gasteiger partial charge in [-0.1, -0.05) is 6.92 Å². The molecule has 2 amide bonds. The average Bonchev–Trinajstić information content (AvgIpc) is 2.84. The molecule has 0 unspecified atom stereocenters. The van der Waals surface area contributed by atoms with E-state index < -0.39 is 0 Å². The molecule has 0 aliphatic carbocycles. The lowest BCUT2D eigenvalue weighted by Crippen LogP contribution is -2.47. The third-order valence-corrected chi connectivity index (χ3v) is 6.75. The van der Waals surface area contributed by atoms with E-state index in [0.717, 1.165) is 44.7 Å². The van der Waals surface area contributed by atoms with Crippen molar-refractivity contribution >= 4 is 23.2 Å². The molecule has 2 saturated heterocycles. The number of hydrogen-bond donors (Lipinski definition) is 1. The molecule has 7 nitrogen and oxygen atoms in total. The van der Waals surface area contributed by atoms with E-state index in [2.05, 4.69) is 29.1 Å². The van der Waals surface area contributed by atoms with Crippen LogP contribution in [-0.2, 0) is 0 Å². The number of amides is 2. The van der Waals surface area contributed by atoms with E-state index in [1.807, 2.05) is 23.1 Å². The van der Waals surface area contributed by atoms with E-state index in [1.54, 1.807) is 31.4 Å². The van der Waals surface area contributed by atoms with Crippen LogP contribution in [0.4, 0.5) is 11.4 Å². The van der Waals surface area contributed by atoms with E-state index in [4.69, 9.17) is 4.74 Å². The second-order valence-electron chi connectivity index (χ2n) is 9.18. The fraction of sp³-hybridized carbons (Fsp3) is 0.462. The van der Waals surface area contributed by atoms with Gasteiger partial charge in [0.2, 0.25) is 0 Å². The number of carbonyl (C=O) groups is 2. The molecule has 2 aromatic rings. The second-order valence-corrected chi connectivity index (χ2v) is 9.18. The molecule has 0 atom stereocenters. The molecule has 2 aliphatic heterocycles. The molecule has 0 bridgehead atoms. The topological polar surface area (TPSA) is 65.1 Å². The normalized spacial score (nSPS) is 17.7. The molecule has 176 valence electrons. The molecule has 1 N–H and O–H groups in total. The Kier molecular flexibility index (Phi) is 7.18. The van der Waals surface area contributed by atoms with Crippen molar-refractivity contribution in [3.63, 3.8) is 0 Å². The number of carbonyl (C=O) groups excluding carboxylic acids is 2. The highest BCUT2D eigenvalue weighted by atomic mass is 16.5. The number of benzene rings is 2. The first-order chi connectivity index (χ1) is 15.9. The molecule has 0 aromatic heterocycles. The largest absolute Gasteiger partial charge is 0.497 e. The van der Waals surface area contributed by atoms with Crippen LogP contribution in [0.2, 0.25) is 0 Å². The summed E-state index contributed by atoms with van der Waals surface area (Å²) >= 11 is 0. The number of ether oxygens (including phenoxy) is 1. The maximum atomic E-state index is 13.6. The van der Waals surface area contributed by atoms with Crippen molar-refractivity contribution in [1.82, 2.24) is 9.80 Å². The lowest BCUT2D eigenvalue weighted by molar-refractivity contribution is 0.0664. The lowest BCUT2D eigenvalue weighted by atomic mass is 9.97. The lowest BCUT2D eigenvalue weighted by Gasteiger charge is -2.36. The summed E-state index contributed by atoms with van der Waals surface area (Å²) in [4.78, 5) is 32.8. The van der Waals surface area contributed by atoms with Crippen molar-refractivity contribution in [1.29, 1.82) is 0 Å². The fourth-order valence-electron chi connectivity index (χ4n) is 4.44. The van der Waals surface area contributed by atoms with E-state index in [0.29, 0.717) is 41.6 Å². The third-order valence-electron chi connectivity index (χ3n) is 6.75. The third kappa shape index (κ3) is 5.47. The molecule has 2 aromatic carbocycles. The van der Waals surface area contributed by atoms with Gasteiger partial charge < -0.3 is 24.8 Å². The SMILES string of the molecule is COc1ccc(C(=O)Nc2ccc(N3CCC(C)CC3)c(C(=O)N3CCN(C)CC3)c2)cc1. The Morgan fingerprint density at radius 3 is 2.24 bits per heavy atom. The van der Waals surface area contributed by atoms with Gasteiger partial charge in [-0.15, -0.1) is 0 Å². The molecule has 2 heterocycles. The highest BCUT2D eigenvalue weighted by Crippen LogP contribution is 2.30. The van der Waals surface area contributed by atoms with Crippen molar-refractivity contribution in [3.8, 4) is 5.75 Å². The number of likely N-dealkylation sites (N-methyl/N-ethyl adjacent to an activating group) is 1. The first kappa shape index (κ1) is 23.1. The van der Waals surface area contributed by atoms with Gasteiger partial charge in [0.15, 0.2) is 0 Å². The fourth-order valence-corrected chi connectivity index (χ4v) is 4.44. The van der Waals surface area contributed by atoms with Gasteiger partial charge in [-0.25, -0.2) is 0 Å². The van der Waals surface area contributed by atoms with Gasteiger partial charge >= 0.3 is 0 Å². The highest BCUT2D eigenvalue weighted by Gasteiger charge is 2.26. The molecule has 0 radical (unpaired) electrons. The summed E-state index contributed by atoms with van der Waals surface area (Å²) in [6.07, 6.45) is 2.25. The molecule has 33 heavy (non-hydrogen) atoms. The Morgan fingerprint density at radius 1 is 0.939 bits per heavy atom. The zero-order chi connectivity index (χ0) is 23.4. The van der Waals surface area contributed by atoms with Crippen LogP contribution < -0.4 is 15.0 Å². The Morgan fingerprint density at radius 2 is 1.61 bits per heavy atom. The summed E-state index contributed by atoms with van der Waals surface area (Å²) in [6, 6.07) is 12.7. The molecular formula is C26H34N4O3. The molecule has 7 heteroatoms. The number of nitrogens with one attached hydrogen (secondary N) is 1. The minimum Gasteiger partial charge on any atom is -0.497 e. The van der Waals surface area contributed by atoms with Crippen LogP contribution in [0, 0.1) is 5.92 Å². The summed E-state index contributed by atoms with van der Waals surface area (Å²) in [5, 5.41) is 2.96. The van der Waals surface area contributed by atoms with Crippen LogP contribution in [-0.4, -0.2) is 75.0 Å². The van der Waals surface area contributed by atoms with Crippen molar-refractivity contribution < 1.29 is 14.3 Å². The standard InChI is InChI=1S/C26H34N4O3/c1-19-10-12-29(13-11-19)24-9-6-21(27-25(31)20-4-7-22(33-3)8-5-20)18-23(24)26(32)30-16-14-28(2)15-17-30/h4-9,18-19H,10-17H2,1-3H3,(H,27,31). The molecular weight excluding hydrogens is 416 g/mol. The number of anilines is 2. The minimum absolute atomic E-state index is 0.0391. The number of piperidine rings is 1. The molecule has 0 saturated carbocycles. The maximum absolute atomic E-state index is 13.6. The predicted molar refractivity (Wildman–Crippen MR) is 131 cm³/mol. The monoisotopic (exact) mass is 450 g/mol. The number of rotatable bonds is 5. The zero-order valence-corrected chi connectivity index (χ0v) is 19.8. The zero-order valence-electron chi connectivity index (χ0n) is 19.8. The van der Waals surface area contributed by atoms with Crippen molar-refractivity contribution in [3.05, 3.63) is 53.6 Å². The van der Waals surface area contributed by atoms with Crippen molar-refractivity contribution in [2.24, 2.45) is 5.92 Å². The second kappa shape index (κ2) is 10.3. The number of hydrogen-bond acceptors (Lipinski definition) is 5. The molecule has 2 fully saturated rings. The van der Waals surface area contributed by atoms with Gasteiger partial charge in [-0.2, -0.15) is 0 Å². The maximum Gasteiger partial charge on any atom is 0.256 e. The van der Waals surface area contributed by atoms with Crippen LogP contribution >= 0.6 is 0 Å². The van der Waals surface area contributed by atoms with Crippen LogP contribution in [0.25, 0.3) is 0 Å². The smallest absolute Gasteiger partial charge is 0.256 e. The molecule has 0 spiro atoms. The van der Waals surface area contributed by atoms with E-state index in [-0.39, 0.29) is 11.8 Å². The first-order valence-electron chi connectivity index (χ1n) is 11.8. The van der Waals surface area contributed by atoms with Crippen LogP contribution in [0.1, 0.15) is 40.5 Å². The highest BCUT2D eigenvalue weighted by molar-refractivity contribution is 6.06. The summed E-state index contributed by atoms with van der Waals surface area (Å²) in [5.74, 6) is 1.24. The van der Waals surface area contributed by atoms with Crippen LogP contribution in [0.5, 0.6) is 5.75 Å².